The van der Waals surface area contributed by atoms with Gasteiger partial charge in [0.1, 0.15) is 0 Å². The predicted molar refractivity (Wildman–Crippen MR) is 124 cm³/mol. The number of carbonyl (C=O) groups excluding carboxylic acids is 1. The summed E-state index contributed by atoms with van der Waals surface area (Å²) >= 11 is 0. The second kappa shape index (κ2) is 8.79. The number of hydrogen-bond acceptors (Lipinski definition) is 3. The molecule has 1 aliphatic carbocycles. The number of carbonyl (C=O) groups is 1. The smallest absolute Gasteiger partial charge is 0.338 e. The normalized spacial score (nSPS) is 17.5. The number of ether oxygens (including phenoxy) is 1. The highest BCUT2D eigenvalue weighted by Gasteiger charge is 2.35. The summed E-state index contributed by atoms with van der Waals surface area (Å²) in [6, 6.07) is 13.8. The second-order valence-electron chi connectivity index (χ2n) is 9.49. The van der Waals surface area contributed by atoms with E-state index >= 15 is 0 Å². The number of rotatable bonds is 4. The van der Waals surface area contributed by atoms with Crippen molar-refractivity contribution in [2.24, 2.45) is 0 Å². The highest BCUT2D eigenvalue weighted by molar-refractivity contribution is 6.69. The van der Waals surface area contributed by atoms with E-state index in [2.05, 4.69) is 63.5 Å². The number of hydrogen-bond donors (Lipinski definition) is 0. The first-order chi connectivity index (χ1) is 14.1. The van der Waals surface area contributed by atoms with Crippen LogP contribution in [0.25, 0.3) is 0 Å². The van der Waals surface area contributed by atoms with E-state index < -0.39 is 8.32 Å². The van der Waals surface area contributed by atoms with E-state index in [0.29, 0.717) is 12.2 Å². The molecule has 0 heterocycles. The monoisotopic (exact) mass is 420 g/mol. The van der Waals surface area contributed by atoms with Gasteiger partial charge in [-0.15, -0.1) is 0 Å². The standard InChI is InChI=1S/C26H32O3Si/c1-7-28-25(27)21-13-10-19(11-14-21)8-9-20-12-15-22-23(18-20)26(2,3)17-16-24(22)29-30(4,5)6/h10-15,18,24H,7,16-17H2,1-6H3. The summed E-state index contributed by atoms with van der Waals surface area (Å²) in [5.41, 5.74) is 5.21. The van der Waals surface area contributed by atoms with E-state index in [1.165, 1.54) is 11.1 Å². The van der Waals surface area contributed by atoms with Crippen LogP contribution in [0.4, 0.5) is 0 Å². The number of fused-ring (bicyclic) bond motifs is 1. The molecule has 1 atom stereocenters. The molecular formula is C26H32O3Si. The van der Waals surface area contributed by atoms with E-state index in [-0.39, 0.29) is 17.5 Å². The van der Waals surface area contributed by atoms with E-state index in [1.807, 2.05) is 12.1 Å². The average molecular weight is 421 g/mol. The van der Waals surface area contributed by atoms with Crippen molar-refractivity contribution in [2.45, 2.75) is 64.8 Å². The van der Waals surface area contributed by atoms with Crippen molar-refractivity contribution >= 4 is 14.3 Å². The Morgan fingerprint density at radius 3 is 2.33 bits per heavy atom. The molecule has 2 aromatic rings. The summed E-state index contributed by atoms with van der Waals surface area (Å²) in [6.07, 6.45) is 2.38. The van der Waals surface area contributed by atoms with Gasteiger partial charge in [-0.05, 0) is 92.3 Å². The zero-order valence-electron chi connectivity index (χ0n) is 19.0. The van der Waals surface area contributed by atoms with Gasteiger partial charge in [-0.25, -0.2) is 4.79 Å². The molecule has 1 aliphatic rings. The Kier molecular flexibility index (Phi) is 6.55. The molecular weight excluding hydrogens is 388 g/mol. The fraction of sp³-hybridized carbons (Fsp3) is 0.423. The topological polar surface area (TPSA) is 35.5 Å². The second-order valence-corrected chi connectivity index (χ2v) is 14.0. The van der Waals surface area contributed by atoms with Crippen molar-refractivity contribution in [3.05, 3.63) is 70.3 Å². The fourth-order valence-electron chi connectivity index (χ4n) is 3.88. The molecule has 4 heteroatoms. The first-order valence-electron chi connectivity index (χ1n) is 10.7. The van der Waals surface area contributed by atoms with Crippen molar-refractivity contribution in [1.29, 1.82) is 0 Å². The summed E-state index contributed by atoms with van der Waals surface area (Å²) in [4.78, 5) is 11.8. The molecule has 0 bridgehead atoms. The third-order valence-corrected chi connectivity index (χ3v) is 6.40. The Morgan fingerprint density at radius 1 is 1.07 bits per heavy atom. The van der Waals surface area contributed by atoms with Gasteiger partial charge in [0.05, 0.1) is 18.3 Å². The maximum absolute atomic E-state index is 11.8. The van der Waals surface area contributed by atoms with Crippen LogP contribution in [0.5, 0.6) is 0 Å². The minimum absolute atomic E-state index is 0.119. The van der Waals surface area contributed by atoms with E-state index in [4.69, 9.17) is 9.16 Å². The van der Waals surface area contributed by atoms with Gasteiger partial charge in [0, 0.05) is 11.1 Å². The van der Waals surface area contributed by atoms with Gasteiger partial charge in [0.25, 0.3) is 0 Å². The lowest BCUT2D eigenvalue weighted by Gasteiger charge is -2.39. The summed E-state index contributed by atoms with van der Waals surface area (Å²) in [5.74, 6) is 6.20. The zero-order valence-corrected chi connectivity index (χ0v) is 20.0. The molecule has 2 aromatic carbocycles. The van der Waals surface area contributed by atoms with Crippen LogP contribution in [0, 0.1) is 11.8 Å². The summed E-state index contributed by atoms with van der Waals surface area (Å²) in [5, 5.41) is 0. The molecule has 0 N–H and O–H groups in total. The zero-order chi connectivity index (χ0) is 21.9. The summed E-state index contributed by atoms with van der Waals surface area (Å²) in [7, 11) is -1.61. The van der Waals surface area contributed by atoms with Crippen molar-refractivity contribution in [3.63, 3.8) is 0 Å². The van der Waals surface area contributed by atoms with Crippen molar-refractivity contribution < 1.29 is 14.0 Å². The summed E-state index contributed by atoms with van der Waals surface area (Å²) < 4.78 is 11.5. The molecule has 158 valence electrons. The van der Waals surface area contributed by atoms with Crippen LogP contribution in [0.2, 0.25) is 19.6 Å². The SMILES string of the molecule is CCOC(=O)c1ccc(C#Cc2ccc3c(c2)C(C)(C)CCC3O[Si](C)(C)C)cc1. The van der Waals surface area contributed by atoms with Crippen LogP contribution in [0.3, 0.4) is 0 Å². The molecule has 0 aliphatic heterocycles. The highest BCUT2D eigenvalue weighted by Crippen LogP contribution is 2.44. The minimum Gasteiger partial charge on any atom is -0.462 e. The Bertz CT molecular complexity index is 972. The van der Waals surface area contributed by atoms with Crippen LogP contribution in [0.1, 0.15) is 72.3 Å². The first-order valence-corrected chi connectivity index (χ1v) is 14.1. The third kappa shape index (κ3) is 5.41. The maximum Gasteiger partial charge on any atom is 0.338 e. The molecule has 3 nitrogen and oxygen atoms in total. The lowest BCUT2D eigenvalue weighted by atomic mass is 9.71. The number of esters is 1. The summed E-state index contributed by atoms with van der Waals surface area (Å²) in [6.45, 7) is 13.5. The Labute approximate surface area is 181 Å². The average Bonchev–Trinajstić information content (AvgIpc) is 2.68. The van der Waals surface area contributed by atoms with Crippen LogP contribution in [0.15, 0.2) is 42.5 Å². The first kappa shape index (κ1) is 22.3. The molecule has 0 spiro atoms. The van der Waals surface area contributed by atoms with E-state index in [1.54, 1.807) is 19.1 Å². The van der Waals surface area contributed by atoms with Gasteiger partial charge in [-0.3, -0.25) is 0 Å². The molecule has 0 aromatic heterocycles. The largest absolute Gasteiger partial charge is 0.462 e. The fourth-order valence-corrected chi connectivity index (χ4v) is 4.98. The van der Waals surface area contributed by atoms with Crippen molar-refractivity contribution in [1.82, 2.24) is 0 Å². The maximum atomic E-state index is 11.8. The molecule has 3 rings (SSSR count). The molecule has 0 fully saturated rings. The van der Waals surface area contributed by atoms with Gasteiger partial charge in [-0.1, -0.05) is 31.8 Å². The quantitative estimate of drug-likeness (QED) is 0.334. The van der Waals surface area contributed by atoms with Crippen LogP contribution in [-0.4, -0.2) is 20.9 Å². The molecule has 0 saturated carbocycles. The molecule has 1 unspecified atom stereocenters. The van der Waals surface area contributed by atoms with Gasteiger partial charge < -0.3 is 9.16 Å². The van der Waals surface area contributed by atoms with Gasteiger partial charge in [0.2, 0.25) is 0 Å². The number of benzene rings is 2. The van der Waals surface area contributed by atoms with Crippen LogP contribution >= 0.6 is 0 Å². The van der Waals surface area contributed by atoms with Crippen LogP contribution < -0.4 is 0 Å². The predicted octanol–water partition coefficient (Wildman–Crippen LogP) is 6.23. The molecule has 0 radical (unpaired) electrons. The minimum atomic E-state index is -1.61. The Hall–Kier alpha value is -2.35. The van der Waals surface area contributed by atoms with Gasteiger partial charge in [0.15, 0.2) is 8.32 Å². The third-order valence-electron chi connectivity index (χ3n) is 5.40. The lowest BCUT2D eigenvalue weighted by Crippen LogP contribution is -2.33. The molecule has 30 heavy (non-hydrogen) atoms. The van der Waals surface area contributed by atoms with E-state index in [0.717, 1.165) is 24.0 Å². The Balaban J connectivity index is 1.85. The lowest BCUT2D eigenvalue weighted by molar-refractivity contribution is 0.0526. The molecule has 0 amide bonds. The van der Waals surface area contributed by atoms with Crippen LogP contribution in [-0.2, 0) is 14.6 Å². The highest BCUT2D eigenvalue weighted by atomic mass is 28.4. The van der Waals surface area contributed by atoms with Gasteiger partial charge in [-0.2, -0.15) is 0 Å². The van der Waals surface area contributed by atoms with Gasteiger partial charge >= 0.3 is 5.97 Å². The molecule has 0 saturated heterocycles. The van der Waals surface area contributed by atoms with Crippen molar-refractivity contribution in [3.8, 4) is 11.8 Å². The van der Waals surface area contributed by atoms with E-state index in [9.17, 15) is 4.79 Å². The Morgan fingerprint density at radius 2 is 1.70 bits per heavy atom. The van der Waals surface area contributed by atoms with Crippen molar-refractivity contribution in [2.75, 3.05) is 6.61 Å².